The number of nitrogens with two attached hydrogens (primary N) is 1. The fraction of sp³-hybridized carbons (Fsp3) is 0.179. The first-order valence-electron chi connectivity index (χ1n) is 11.9. The first-order valence-corrected chi connectivity index (χ1v) is 11.9. The molecule has 2 N–H and O–H groups in total. The zero-order chi connectivity index (χ0) is 25.5. The van der Waals surface area contributed by atoms with Crippen molar-refractivity contribution >= 4 is 33.5 Å². The molecule has 5 aromatic rings. The smallest absolute Gasteiger partial charge is 0.257 e. The molecular weight excluding hydrogens is 469 g/mol. The molecule has 37 heavy (non-hydrogen) atoms. The quantitative estimate of drug-likeness (QED) is 0.383. The monoisotopic (exact) mass is 491 g/mol. The van der Waals surface area contributed by atoms with Crippen LogP contribution in [0, 0.1) is 17.7 Å². The van der Waals surface area contributed by atoms with Crippen LogP contribution < -0.4 is 5.73 Å². The second-order valence-electron chi connectivity index (χ2n) is 9.07. The Morgan fingerprint density at radius 1 is 1.11 bits per heavy atom. The van der Waals surface area contributed by atoms with Crippen LogP contribution in [0.15, 0.2) is 61.2 Å². The van der Waals surface area contributed by atoms with Crippen LogP contribution in [0.1, 0.15) is 40.0 Å². The SMILES string of the molecule is Cn1ncc2c(N)nc3cc(F)c(C(=O)N(Cc4ccc(C#Cc5ccncc5)cn4)C4CC4)cc3c21. The normalized spacial score (nSPS) is 12.9. The molecule has 6 rings (SSSR count). The number of amides is 1. The third-order valence-corrected chi connectivity index (χ3v) is 6.46. The molecule has 0 radical (unpaired) electrons. The summed E-state index contributed by atoms with van der Waals surface area (Å²) in [6.07, 6.45) is 8.44. The lowest BCUT2D eigenvalue weighted by atomic mass is 10.1. The summed E-state index contributed by atoms with van der Waals surface area (Å²) in [5, 5.41) is 5.54. The minimum Gasteiger partial charge on any atom is -0.383 e. The summed E-state index contributed by atoms with van der Waals surface area (Å²) < 4.78 is 16.9. The summed E-state index contributed by atoms with van der Waals surface area (Å²) in [5.41, 5.74) is 9.46. The van der Waals surface area contributed by atoms with E-state index >= 15 is 4.39 Å². The number of nitrogens with zero attached hydrogens (tertiary/aromatic N) is 6. The first-order chi connectivity index (χ1) is 18.0. The van der Waals surface area contributed by atoms with Gasteiger partial charge in [0.2, 0.25) is 0 Å². The lowest BCUT2D eigenvalue weighted by molar-refractivity contribution is 0.0723. The second kappa shape index (κ2) is 8.99. The number of aromatic nitrogens is 5. The summed E-state index contributed by atoms with van der Waals surface area (Å²) in [6.45, 7) is 0.278. The summed E-state index contributed by atoms with van der Waals surface area (Å²) in [7, 11) is 1.78. The maximum atomic E-state index is 15.2. The van der Waals surface area contributed by atoms with Gasteiger partial charge in [-0.25, -0.2) is 9.37 Å². The molecule has 4 heterocycles. The summed E-state index contributed by atoms with van der Waals surface area (Å²) in [5.74, 6) is 5.41. The Bertz CT molecular complexity index is 1720. The van der Waals surface area contributed by atoms with E-state index in [1.165, 1.54) is 6.07 Å². The van der Waals surface area contributed by atoms with Crippen LogP contribution >= 0.6 is 0 Å². The fourth-order valence-corrected chi connectivity index (χ4v) is 4.40. The topological polar surface area (TPSA) is 103 Å². The van der Waals surface area contributed by atoms with Crippen molar-refractivity contribution < 1.29 is 9.18 Å². The molecule has 182 valence electrons. The molecule has 1 aromatic carbocycles. The van der Waals surface area contributed by atoms with E-state index in [9.17, 15) is 4.79 Å². The van der Waals surface area contributed by atoms with Gasteiger partial charge in [0.15, 0.2) is 0 Å². The largest absolute Gasteiger partial charge is 0.383 e. The minimum atomic E-state index is -0.633. The molecule has 0 unspecified atom stereocenters. The molecule has 9 heteroatoms. The molecule has 0 bridgehead atoms. The maximum Gasteiger partial charge on any atom is 0.257 e. The van der Waals surface area contributed by atoms with E-state index in [4.69, 9.17) is 5.73 Å². The highest BCUT2D eigenvalue weighted by Crippen LogP contribution is 2.33. The number of aryl methyl sites for hydroxylation is 1. The van der Waals surface area contributed by atoms with Gasteiger partial charge in [0.1, 0.15) is 11.6 Å². The zero-order valence-electron chi connectivity index (χ0n) is 20.0. The van der Waals surface area contributed by atoms with Crippen molar-refractivity contribution in [3.8, 4) is 11.8 Å². The predicted octanol–water partition coefficient (Wildman–Crippen LogP) is 3.84. The minimum absolute atomic E-state index is 0.00620. The Balaban J connectivity index is 1.30. The molecule has 1 saturated carbocycles. The van der Waals surface area contributed by atoms with Gasteiger partial charge in [-0.3, -0.25) is 19.4 Å². The van der Waals surface area contributed by atoms with Gasteiger partial charge in [-0.05, 0) is 43.2 Å². The third kappa shape index (κ3) is 4.34. The van der Waals surface area contributed by atoms with Gasteiger partial charge in [-0.2, -0.15) is 5.10 Å². The number of benzene rings is 1. The van der Waals surface area contributed by atoms with E-state index < -0.39 is 5.82 Å². The van der Waals surface area contributed by atoms with Crippen molar-refractivity contribution in [1.82, 2.24) is 29.6 Å². The average Bonchev–Trinajstić information content (AvgIpc) is 3.68. The van der Waals surface area contributed by atoms with Crippen molar-refractivity contribution in [2.24, 2.45) is 7.05 Å². The lowest BCUT2D eigenvalue weighted by Crippen LogP contribution is -2.33. The number of fused-ring (bicyclic) bond motifs is 3. The number of carbonyl (C=O) groups is 1. The van der Waals surface area contributed by atoms with E-state index in [0.717, 1.165) is 24.0 Å². The van der Waals surface area contributed by atoms with Crippen LogP contribution in [-0.2, 0) is 13.6 Å². The Hall–Kier alpha value is -4.84. The van der Waals surface area contributed by atoms with Crippen molar-refractivity contribution in [3.63, 3.8) is 0 Å². The van der Waals surface area contributed by atoms with E-state index in [1.807, 2.05) is 24.3 Å². The highest BCUT2D eigenvalue weighted by Gasteiger charge is 2.34. The van der Waals surface area contributed by atoms with E-state index in [2.05, 4.69) is 31.9 Å². The Morgan fingerprint density at radius 2 is 1.89 bits per heavy atom. The van der Waals surface area contributed by atoms with E-state index in [-0.39, 0.29) is 29.9 Å². The van der Waals surface area contributed by atoms with Gasteiger partial charge in [0.05, 0.1) is 40.4 Å². The van der Waals surface area contributed by atoms with Crippen LogP contribution in [0.3, 0.4) is 0 Å². The van der Waals surface area contributed by atoms with Gasteiger partial charge < -0.3 is 10.6 Å². The Morgan fingerprint density at radius 3 is 2.62 bits per heavy atom. The number of pyridine rings is 3. The molecule has 1 aliphatic rings. The number of halogens is 1. The highest BCUT2D eigenvalue weighted by molar-refractivity contribution is 6.10. The van der Waals surface area contributed by atoms with Crippen LogP contribution in [0.5, 0.6) is 0 Å². The van der Waals surface area contributed by atoms with Crippen LogP contribution in [-0.4, -0.2) is 41.6 Å². The average molecular weight is 492 g/mol. The van der Waals surface area contributed by atoms with Gasteiger partial charge in [-0.15, -0.1) is 0 Å². The second-order valence-corrected chi connectivity index (χ2v) is 9.07. The number of anilines is 1. The highest BCUT2D eigenvalue weighted by atomic mass is 19.1. The molecule has 4 aromatic heterocycles. The Kier molecular flexibility index (Phi) is 5.49. The van der Waals surface area contributed by atoms with Gasteiger partial charge in [-0.1, -0.05) is 11.8 Å². The maximum absolute atomic E-state index is 15.2. The Labute approximate surface area is 212 Å². The molecule has 0 saturated heterocycles. The summed E-state index contributed by atoms with van der Waals surface area (Å²) >= 11 is 0. The van der Waals surface area contributed by atoms with Gasteiger partial charge in [0, 0.05) is 54.3 Å². The molecular formula is C28H22FN7O. The van der Waals surface area contributed by atoms with Gasteiger partial charge in [0.25, 0.3) is 5.91 Å². The predicted molar refractivity (Wildman–Crippen MR) is 138 cm³/mol. The number of hydrogen-bond acceptors (Lipinski definition) is 6. The molecule has 1 aliphatic carbocycles. The van der Waals surface area contributed by atoms with Gasteiger partial charge >= 0.3 is 0 Å². The molecule has 1 fully saturated rings. The number of hydrogen-bond donors (Lipinski definition) is 1. The van der Waals surface area contributed by atoms with Crippen LogP contribution in [0.4, 0.5) is 10.2 Å². The van der Waals surface area contributed by atoms with Crippen molar-refractivity contribution in [2.45, 2.75) is 25.4 Å². The standard InChI is InChI=1S/C28H22FN7O/c1-35-26-22-12-21(24(29)13-25(22)34-27(30)23(26)15-33-35)28(37)36(20-6-7-20)16-19-5-4-18(14-32-19)3-2-17-8-10-31-11-9-17/h4-5,8-15,20H,6-7,16H2,1H3,(H2,30,34). The van der Waals surface area contributed by atoms with E-state index in [0.29, 0.717) is 27.5 Å². The lowest BCUT2D eigenvalue weighted by Gasteiger charge is -2.23. The first kappa shape index (κ1) is 22.6. The van der Waals surface area contributed by atoms with Crippen molar-refractivity contribution in [3.05, 3.63) is 89.4 Å². The van der Waals surface area contributed by atoms with E-state index in [1.54, 1.807) is 47.5 Å². The fourth-order valence-electron chi connectivity index (χ4n) is 4.40. The number of rotatable bonds is 4. The van der Waals surface area contributed by atoms with Crippen molar-refractivity contribution in [2.75, 3.05) is 5.73 Å². The van der Waals surface area contributed by atoms with Crippen LogP contribution in [0.2, 0.25) is 0 Å². The molecule has 0 spiro atoms. The number of carbonyl (C=O) groups excluding carboxylic acids is 1. The number of nitrogen functional groups attached to an aromatic ring is 1. The molecule has 1 amide bonds. The molecule has 0 atom stereocenters. The summed E-state index contributed by atoms with van der Waals surface area (Å²) in [4.78, 5) is 28.1. The zero-order valence-corrected chi connectivity index (χ0v) is 20.0. The van der Waals surface area contributed by atoms with Crippen LogP contribution in [0.25, 0.3) is 21.8 Å². The third-order valence-electron chi connectivity index (χ3n) is 6.46. The molecule has 0 aliphatic heterocycles. The summed E-state index contributed by atoms with van der Waals surface area (Å²) in [6, 6.07) is 10.3. The van der Waals surface area contributed by atoms with Crippen molar-refractivity contribution in [1.29, 1.82) is 0 Å². The molecule has 8 nitrogen and oxygen atoms in total.